The van der Waals surface area contributed by atoms with Crippen molar-refractivity contribution in [2.75, 3.05) is 53.1 Å². The summed E-state index contributed by atoms with van der Waals surface area (Å²) < 4.78 is 22.6. The molecule has 2 aliphatic rings. The van der Waals surface area contributed by atoms with E-state index in [0.29, 0.717) is 67.9 Å². The van der Waals surface area contributed by atoms with Gasteiger partial charge >= 0.3 is 0 Å². The molecule has 1 amide bonds. The highest BCUT2D eigenvalue weighted by molar-refractivity contribution is 6.46. The fourth-order valence-corrected chi connectivity index (χ4v) is 5.49. The Labute approximate surface area is 252 Å². The summed E-state index contributed by atoms with van der Waals surface area (Å²) in [7, 11) is 1.54. The van der Waals surface area contributed by atoms with Crippen molar-refractivity contribution in [3.63, 3.8) is 0 Å². The molecule has 226 valence electrons. The van der Waals surface area contributed by atoms with Crippen molar-refractivity contribution in [3.05, 3.63) is 94.6 Å². The van der Waals surface area contributed by atoms with Crippen LogP contribution in [0.1, 0.15) is 35.2 Å². The second-order valence-electron chi connectivity index (χ2n) is 10.6. The first-order chi connectivity index (χ1) is 20.9. The molecule has 0 radical (unpaired) electrons. The molecular formula is C34H38N2O7. The number of carbonyl (C=O) groups is 2. The second kappa shape index (κ2) is 13.8. The largest absolute Gasteiger partial charge is 0.507 e. The maximum absolute atomic E-state index is 13.5. The van der Waals surface area contributed by atoms with Crippen LogP contribution in [-0.4, -0.2) is 79.7 Å². The van der Waals surface area contributed by atoms with E-state index in [-0.39, 0.29) is 11.3 Å². The lowest BCUT2D eigenvalue weighted by Crippen LogP contribution is -2.42. The van der Waals surface area contributed by atoms with Crippen LogP contribution >= 0.6 is 0 Å². The summed E-state index contributed by atoms with van der Waals surface area (Å²) in [6.07, 6.45) is 0. The molecule has 0 aromatic heterocycles. The fraction of sp³-hybridized carbons (Fsp3) is 0.353. The van der Waals surface area contributed by atoms with Gasteiger partial charge in [0, 0.05) is 31.7 Å². The third-order valence-electron chi connectivity index (χ3n) is 7.72. The molecule has 0 aliphatic carbocycles. The predicted octanol–water partition coefficient (Wildman–Crippen LogP) is 4.74. The Hall–Kier alpha value is -4.34. The molecule has 2 heterocycles. The number of hydrogen-bond donors (Lipinski definition) is 1. The van der Waals surface area contributed by atoms with Crippen LogP contribution in [0.4, 0.5) is 0 Å². The standard InChI is InChI=1S/C34H38N2O7/c1-4-42-28-13-10-26(21-29(28)40-3)31-30(33(38)34(39)36(31)15-14-35-16-18-41-19-17-35)32(37)25-8-11-27(12-9-25)43-22-24-7-5-6-23(2)20-24/h5-13,20-21,31,37H,4,14-19,22H2,1-3H3/b32-30+. The number of aliphatic hydroxyl groups excluding tert-OH is 1. The molecule has 0 bridgehead atoms. The molecule has 9 heteroatoms. The predicted molar refractivity (Wildman–Crippen MR) is 162 cm³/mol. The Kier molecular flexibility index (Phi) is 9.64. The quantitative estimate of drug-likeness (QED) is 0.196. The number of methoxy groups -OCH3 is 1. The Morgan fingerprint density at radius 1 is 0.953 bits per heavy atom. The maximum atomic E-state index is 13.5. The van der Waals surface area contributed by atoms with Crippen molar-refractivity contribution in [3.8, 4) is 17.2 Å². The van der Waals surface area contributed by atoms with Crippen LogP contribution in [-0.2, 0) is 20.9 Å². The van der Waals surface area contributed by atoms with Crippen LogP contribution in [0.15, 0.2) is 72.3 Å². The number of benzene rings is 3. The van der Waals surface area contributed by atoms with Crippen LogP contribution < -0.4 is 14.2 Å². The first-order valence-corrected chi connectivity index (χ1v) is 14.6. The minimum Gasteiger partial charge on any atom is -0.507 e. The summed E-state index contributed by atoms with van der Waals surface area (Å²) in [5.74, 6) is 0.0449. The van der Waals surface area contributed by atoms with Crippen LogP contribution in [0.2, 0.25) is 0 Å². The van der Waals surface area contributed by atoms with Crippen molar-refractivity contribution in [2.24, 2.45) is 0 Å². The van der Waals surface area contributed by atoms with E-state index in [1.54, 1.807) is 49.6 Å². The first-order valence-electron chi connectivity index (χ1n) is 14.6. The highest BCUT2D eigenvalue weighted by atomic mass is 16.5. The molecular weight excluding hydrogens is 548 g/mol. The lowest BCUT2D eigenvalue weighted by atomic mass is 9.95. The number of Topliss-reactive ketones (excluding diaryl/α,β-unsaturated/α-hetero) is 1. The summed E-state index contributed by atoms with van der Waals surface area (Å²) >= 11 is 0. The van der Waals surface area contributed by atoms with Gasteiger partial charge in [0.2, 0.25) is 0 Å². The van der Waals surface area contributed by atoms with Gasteiger partial charge in [0.15, 0.2) is 11.5 Å². The number of aryl methyl sites for hydroxylation is 1. The third-order valence-corrected chi connectivity index (χ3v) is 7.72. The van der Waals surface area contributed by atoms with E-state index in [9.17, 15) is 14.7 Å². The van der Waals surface area contributed by atoms with Gasteiger partial charge in [-0.05, 0) is 61.4 Å². The summed E-state index contributed by atoms with van der Waals surface area (Å²) in [5.41, 5.74) is 3.29. The zero-order valence-corrected chi connectivity index (χ0v) is 24.9. The van der Waals surface area contributed by atoms with Crippen molar-refractivity contribution in [1.82, 2.24) is 9.80 Å². The van der Waals surface area contributed by atoms with Gasteiger partial charge in [0.25, 0.3) is 11.7 Å². The topological polar surface area (TPSA) is 97.8 Å². The number of nitrogens with zero attached hydrogens (tertiary/aromatic N) is 2. The van der Waals surface area contributed by atoms with Crippen molar-refractivity contribution >= 4 is 17.4 Å². The molecule has 5 rings (SSSR count). The average Bonchev–Trinajstić information content (AvgIpc) is 3.28. The van der Waals surface area contributed by atoms with E-state index in [2.05, 4.69) is 11.0 Å². The summed E-state index contributed by atoms with van der Waals surface area (Å²) in [5, 5.41) is 11.5. The number of ether oxygens (including phenoxy) is 4. The minimum atomic E-state index is -0.803. The van der Waals surface area contributed by atoms with Crippen molar-refractivity contribution < 1.29 is 33.6 Å². The highest BCUT2D eigenvalue weighted by Gasteiger charge is 2.46. The molecule has 1 N–H and O–H groups in total. The number of likely N-dealkylation sites (tertiary alicyclic amines) is 1. The Bertz CT molecular complexity index is 1480. The molecule has 0 spiro atoms. The van der Waals surface area contributed by atoms with Gasteiger partial charge in [-0.2, -0.15) is 0 Å². The highest BCUT2D eigenvalue weighted by Crippen LogP contribution is 2.42. The third kappa shape index (κ3) is 6.84. The van der Waals surface area contributed by atoms with Crippen molar-refractivity contribution in [2.45, 2.75) is 26.5 Å². The van der Waals surface area contributed by atoms with E-state index < -0.39 is 17.7 Å². The zero-order chi connectivity index (χ0) is 30.3. The average molecular weight is 587 g/mol. The molecule has 9 nitrogen and oxygen atoms in total. The van der Waals surface area contributed by atoms with E-state index in [4.69, 9.17) is 18.9 Å². The van der Waals surface area contributed by atoms with Crippen LogP contribution in [0, 0.1) is 6.92 Å². The zero-order valence-electron chi connectivity index (χ0n) is 24.9. The molecule has 1 atom stereocenters. The van der Waals surface area contributed by atoms with Gasteiger partial charge in [0.05, 0.1) is 38.5 Å². The lowest BCUT2D eigenvalue weighted by molar-refractivity contribution is -0.140. The summed E-state index contributed by atoms with van der Waals surface area (Å²) in [6, 6.07) is 19.5. The molecule has 0 saturated carbocycles. The lowest BCUT2D eigenvalue weighted by Gasteiger charge is -2.31. The number of rotatable bonds is 11. The van der Waals surface area contributed by atoms with Gasteiger partial charge in [-0.3, -0.25) is 14.5 Å². The van der Waals surface area contributed by atoms with Gasteiger partial charge in [0.1, 0.15) is 18.1 Å². The van der Waals surface area contributed by atoms with Crippen LogP contribution in [0.25, 0.3) is 5.76 Å². The number of hydrogen-bond acceptors (Lipinski definition) is 8. The summed E-state index contributed by atoms with van der Waals surface area (Å²) in [6.45, 7) is 8.43. The van der Waals surface area contributed by atoms with Gasteiger partial charge in [-0.15, -0.1) is 0 Å². The van der Waals surface area contributed by atoms with Gasteiger partial charge < -0.3 is 29.0 Å². The molecule has 3 aromatic rings. The van der Waals surface area contributed by atoms with E-state index in [0.717, 1.165) is 24.2 Å². The molecule has 43 heavy (non-hydrogen) atoms. The molecule has 2 saturated heterocycles. The number of ketones is 1. The second-order valence-corrected chi connectivity index (χ2v) is 10.6. The molecule has 1 unspecified atom stereocenters. The SMILES string of the molecule is CCOc1ccc(C2/C(=C(\O)c3ccc(OCc4cccc(C)c4)cc3)C(=O)C(=O)N2CCN2CCOCC2)cc1OC. The summed E-state index contributed by atoms with van der Waals surface area (Å²) in [4.78, 5) is 30.7. The minimum absolute atomic E-state index is 0.0339. The Morgan fingerprint density at radius 2 is 1.72 bits per heavy atom. The van der Waals surface area contributed by atoms with E-state index >= 15 is 0 Å². The smallest absolute Gasteiger partial charge is 0.295 e. The number of carbonyl (C=O) groups excluding carboxylic acids is 2. The van der Waals surface area contributed by atoms with Crippen molar-refractivity contribution in [1.29, 1.82) is 0 Å². The van der Waals surface area contributed by atoms with Crippen LogP contribution in [0.3, 0.4) is 0 Å². The van der Waals surface area contributed by atoms with Crippen LogP contribution in [0.5, 0.6) is 17.2 Å². The fourth-order valence-electron chi connectivity index (χ4n) is 5.49. The Morgan fingerprint density at radius 3 is 2.42 bits per heavy atom. The number of amides is 1. The monoisotopic (exact) mass is 586 g/mol. The molecule has 2 fully saturated rings. The van der Waals surface area contributed by atoms with E-state index in [1.165, 1.54) is 4.90 Å². The normalized spacial score (nSPS) is 18.6. The van der Waals surface area contributed by atoms with Gasteiger partial charge in [-0.25, -0.2) is 0 Å². The number of aliphatic hydroxyl groups is 1. The molecule has 3 aromatic carbocycles. The van der Waals surface area contributed by atoms with Gasteiger partial charge in [-0.1, -0.05) is 35.9 Å². The van der Waals surface area contributed by atoms with E-state index in [1.807, 2.05) is 32.0 Å². The Balaban J connectivity index is 1.46. The first kappa shape index (κ1) is 30.1. The number of morpholine rings is 1. The molecule has 2 aliphatic heterocycles. The maximum Gasteiger partial charge on any atom is 0.295 e.